The molecule has 0 bridgehead atoms. The largest absolute Gasteiger partial charge is 0.493 e. The second-order valence-corrected chi connectivity index (χ2v) is 7.51. The molecule has 118 valence electrons. The first-order valence-electron chi connectivity index (χ1n) is 6.67. The third kappa shape index (κ3) is 2.86. The van der Waals surface area contributed by atoms with E-state index < -0.39 is 15.6 Å². The zero-order valence-corrected chi connectivity index (χ0v) is 13.5. The summed E-state index contributed by atoms with van der Waals surface area (Å²) in [5, 5.41) is 10.2. The van der Waals surface area contributed by atoms with Crippen molar-refractivity contribution in [2.75, 3.05) is 27.3 Å². The fraction of sp³-hybridized carbons (Fsp3) is 0.571. The maximum absolute atomic E-state index is 12.7. The van der Waals surface area contributed by atoms with Crippen molar-refractivity contribution in [3.05, 3.63) is 18.2 Å². The summed E-state index contributed by atoms with van der Waals surface area (Å²) in [4.78, 5) is 0.130. The minimum atomic E-state index is -3.66. The maximum Gasteiger partial charge on any atom is 0.243 e. The molecule has 2 atom stereocenters. The van der Waals surface area contributed by atoms with Crippen molar-refractivity contribution in [1.29, 1.82) is 0 Å². The molecule has 1 fully saturated rings. The van der Waals surface area contributed by atoms with Crippen LogP contribution in [-0.2, 0) is 10.0 Å². The summed E-state index contributed by atoms with van der Waals surface area (Å²) in [5.74, 6) is 0.711. The minimum Gasteiger partial charge on any atom is -0.493 e. The highest BCUT2D eigenvalue weighted by atomic mass is 32.2. The van der Waals surface area contributed by atoms with Crippen LogP contribution in [0.1, 0.15) is 13.8 Å². The lowest BCUT2D eigenvalue weighted by molar-refractivity contribution is 0.0404. The summed E-state index contributed by atoms with van der Waals surface area (Å²) in [7, 11) is -0.716. The van der Waals surface area contributed by atoms with Gasteiger partial charge in [0, 0.05) is 19.2 Å². The van der Waals surface area contributed by atoms with E-state index in [0.29, 0.717) is 18.0 Å². The van der Waals surface area contributed by atoms with Gasteiger partial charge in [0.1, 0.15) is 0 Å². The SMILES string of the molecule is COc1ccc(S(=O)(=O)N2CC(C)C(C)(O)C2)cc1OC. The lowest BCUT2D eigenvalue weighted by Gasteiger charge is -2.21. The molecule has 1 aromatic rings. The number of benzene rings is 1. The van der Waals surface area contributed by atoms with Gasteiger partial charge < -0.3 is 14.6 Å². The molecular weight excluding hydrogens is 294 g/mol. The standard InChI is InChI=1S/C14H21NO5S/c1-10-8-15(9-14(10,2)16)21(17,18)11-5-6-12(19-3)13(7-11)20-4/h5-7,10,16H,8-9H2,1-4H3. The molecule has 1 aliphatic heterocycles. The predicted molar refractivity (Wildman–Crippen MR) is 78.1 cm³/mol. The van der Waals surface area contributed by atoms with Crippen LogP contribution in [-0.4, -0.2) is 50.7 Å². The van der Waals surface area contributed by atoms with Crippen molar-refractivity contribution < 1.29 is 23.0 Å². The van der Waals surface area contributed by atoms with Crippen molar-refractivity contribution in [3.8, 4) is 11.5 Å². The van der Waals surface area contributed by atoms with Gasteiger partial charge in [-0.25, -0.2) is 8.42 Å². The number of β-amino-alcohol motifs (C(OH)–C–C–N with tert-alkyl or cyclic N) is 1. The Bertz CT molecular complexity index is 626. The van der Waals surface area contributed by atoms with Crippen LogP contribution in [0.5, 0.6) is 11.5 Å². The number of hydrogen-bond acceptors (Lipinski definition) is 5. The van der Waals surface area contributed by atoms with Crippen molar-refractivity contribution >= 4 is 10.0 Å². The molecule has 7 heteroatoms. The zero-order valence-electron chi connectivity index (χ0n) is 12.7. The molecule has 6 nitrogen and oxygen atoms in total. The Morgan fingerprint density at radius 1 is 1.29 bits per heavy atom. The molecule has 2 unspecified atom stereocenters. The molecule has 0 saturated carbocycles. The van der Waals surface area contributed by atoms with Gasteiger partial charge in [0.2, 0.25) is 10.0 Å². The van der Waals surface area contributed by atoms with Gasteiger partial charge in [-0.3, -0.25) is 0 Å². The van der Waals surface area contributed by atoms with E-state index in [0.717, 1.165) is 0 Å². The molecule has 1 aromatic carbocycles. The Hall–Kier alpha value is -1.31. The van der Waals surface area contributed by atoms with Gasteiger partial charge in [0.05, 0.1) is 24.7 Å². The third-order valence-corrected chi connectivity index (χ3v) is 5.84. The van der Waals surface area contributed by atoms with E-state index in [9.17, 15) is 13.5 Å². The van der Waals surface area contributed by atoms with Gasteiger partial charge in [0.15, 0.2) is 11.5 Å². The lowest BCUT2D eigenvalue weighted by atomic mass is 9.95. The van der Waals surface area contributed by atoms with Crippen LogP contribution in [0.2, 0.25) is 0 Å². The molecule has 0 amide bonds. The van der Waals surface area contributed by atoms with Crippen LogP contribution in [0.25, 0.3) is 0 Å². The minimum absolute atomic E-state index is 0.0881. The summed E-state index contributed by atoms with van der Waals surface area (Å²) in [6.07, 6.45) is 0. The van der Waals surface area contributed by atoms with E-state index >= 15 is 0 Å². The van der Waals surface area contributed by atoms with E-state index in [4.69, 9.17) is 9.47 Å². The second kappa shape index (κ2) is 5.47. The molecule has 0 aromatic heterocycles. The first-order valence-corrected chi connectivity index (χ1v) is 8.11. The third-order valence-electron chi connectivity index (χ3n) is 4.03. The number of rotatable bonds is 4. The number of methoxy groups -OCH3 is 2. The number of hydrogen-bond donors (Lipinski definition) is 1. The smallest absolute Gasteiger partial charge is 0.243 e. The molecule has 1 N–H and O–H groups in total. The first kappa shape index (κ1) is 16.1. The zero-order chi connectivity index (χ0) is 15.8. The van der Waals surface area contributed by atoms with Gasteiger partial charge in [0.25, 0.3) is 0 Å². The normalized spacial score (nSPS) is 26.8. The van der Waals surface area contributed by atoms with E-state index in [1.165, 1.54) is 30.7 Å². The number of sulfonamides is 1. The highest BCUT2D eigenvalue weighted by molar-refractivity contribution is 7.89. The van der Waals surface area contributed by atoms with Crippen molar-refractivity contribution in [3.63, 3.8) is 0 Å². The van der Waals surface area contributed by atoms with E-state index in [-0.39, 0.29) is 17.4 Å². The summed E-state index contributed by atoms with van der Waals surface area (Å²) in [5.41, 5.74) is -1.01. The van der Waals surface area contributed by atoms with E-state index in [1.807, 2.05) is 6.92 Å². The topological polar surface area (TPSA) is 76.1 Å². The van der Waals surface area contributed by atoms with E-state index in [1.54, 1.807) is 13.0 Å². The molecule has 0 aliphatic carbocycles. The van der Waals surface area contributed by atoms with Crippen molar-refractivity contribution in [1.82, 2.24) is 4.31 Å². The van der Waals surface area contributed by atoms with E-state index in [2.05, 4.69) is 0 Å². The quantitative estimate of drug-likeness (QED) is 0.900. The number of nitrogens with zero attached hydrogens (tertiary/aromatic N) is 1. The van der Waals surface area contributed by atoms with Gasteiger partial charge >= 0.3 is 0 Å². The molecule has 0 radical (unpaired) electrons. The fourth-order valence-corrected chi connectivity index (χ4v) is 4.03. The Morgan fingerprint density at radius 2 is 1.90 bits per heavy atom. The average molecular weight is 315 g/mol. The van der Waals surface area contributed by atoms with Crippen LogP contribution < -0.4 is 9.47 Å². The summed E-state index contributed by atoms with van der Waals surface area (Å²) in [6.45, 7) is 3.88. The molecule has 0 spiro atoms. The maximum atomic E-state index is 12.7. The molecule has 1 aliphatic rings. The highest BCUT2D eigenvalue weighted by Gasteiger charge is 2.43. The van der Waals surface area contributed by atoms with Crippen LogP contribution >= 0.6 is 0 Å². The van der Waals surface area contributed by atoms with Crippen LogP contribution in [0.15, 0.2) is 23.1 Å². The van der Waals surface area contributed by atoms with Crippen LogP contribution in [0.4, 0.5) is 0 Å². The second-order valence-electron chi connectivity index (χ2n) is 5.57. The number of ether oxygens (including phenoxy) is 2. The molecule has 1 heterocycles. The van der Waals surface area contributed by atoms with Gasteiger partial charge in [-0.05, 0) is 25.0 Å². The molecule has 21 heavy (non-hydrogen) atoms. The Morgan fingerprint density at radius 3 is 2.38 bits per heavy atom. The summed E-state index contributed by atoms with van der Waals surface area (Å²) >= 11 is 0. The fourth-order valence-electron chi connectivity index (χ4n) is 2.39. The van der Waals surface area contributed by atoms with Crippen molar-refractivity contribution in [2.24, 2.45) is 5.92 Å². The number of aliphatic hydroxyl groups is 1. The highest BCUT2D eigenvalue weighted by Crippen LogP contribution is 2.34. The van der Waals surface area contributed by atoms with Gasteiger partial charge in [-0.15, -0.1) is 0 Å². The molecule has 1 saturated heterocycles. The van der Waals surface area contributed by atoms with Gasteiger partial charge in [-0.1, -0.05) is 6.92 Å². The molecular formula is C14H21NO5S. The van der Waals surface area contributed by atoms with Crippen molar-refractivity contribution in [2.45, 2.75) is 24.3 Å². The summed E-state index contributed by atoms with van der Waals surface area (Å²) < 4.78 is 36.9. The van der Waals surface area contributed by atoms with Gasteiger partial charge in [-0.2, -0.15) is 4.31 Å². The Kier molecular flexibility index (Phi) is 4.19. The average Bonchev–Trinajstić information content (AvgIpc) is 2.72. The Balaban J connectivity index is 2.37. The monoisotopic (exact) mass is 315 g/mol. The Labute approximate surface area is 125 Å². The summed E-state index contributed by atoms with van der Waals surface area (Å²) in [6, 6.07) is 4.48. The first-order chi connectivity index (χ1) is 9.72. The lowest BCUT2D eigenvalue weighted by Crippen LogP contribution is -2.35. The molecule has 2 rings (SSSR count). The van der Waals surface area contributed by atoms with Crippen LogP contribution in [0, 0.1) is 5.92 Å². The predicted octanol–water partition coefficient (Wildman–Crippen LogP) is 1.10. The van der Waals surface area contributed by atoms with Crippen LogP contribution in [0.3, 0.4) is 0 Å².